The lowest BCUT2D eigenvalue weighted by Crippen LogP contribution is -2.19. The van der Waals surface area contributed by atoms with E-state index in [2.05, 4.69) is 4.99 Å². The van der Waals surface area contributed by atoms with E-state index in [-0.39, 0.29) is 11.6 Å². The molecule has 10 heteroatoms. The largest absolute Gasteiger partial charge is 0.494 e. The van der Waals surface area contributed by atoms with Crippen LogP contribution < -0.4 is 9.54 Å². The quantitative estimate of drug-likeness (QED) is 0.298. The Morgan fingerprint density at radius 2 is 2.00 bits per heavy atom. The average molecular weight is 458 g/mol. The summed E-state index contributed by atoms with van der Waals surface area (Å²) in [5, 5.41) is 11.7. The molecule has 1 amide bonds. The van der Waals surface area contributed by atoms with Crippen LogP contribution in [0.2, 0.25) is 0 Å². The predicted molar refractivity (Wildman–Crippen MR) is 121 cm³/mol. The number of non-ortho nitro benzene ring substituents is 1. The first-order valence-corrected chi connectivity index (χ1v) is 11.2. The number of rotatable bonds is 7. The van der Waals surface area contributed by atoms with E-state index >= 15 is 0 Å². The Balaban J connectivity index is 1.77. The summed E-state index contributed by atoms with van der Waals surface area (Å²) in [6.45, 7) is 3.53. The Morgan fingerprint density at radius 3 is 2.74 bits per heavy atom. The maximum Gasteiger partial charge on any atom is 0.289 e. The van der Waals surface area contributed by atoms with Crippen LogP contribution in [-0.2, 0) is 11.3 Å². The molecule has 2 aromatic heterocycles. The van der Waals surface area contributed by atoms with Crippen molar-refractivity contribution in [1.82, 2.24) is 4.57 Å². The van der Waals surface area contributed by atoms with E-state index in [4.69, 9.17) is 9.47 Å². The normalized spacial score (nSPS) is 12.0. The molecule has 0 aliphatic heterocycles. The Bertz CT molecular complexity index is 1350. The lowest BCUT2D eigenvalue weighted by Gasteiger charge is -2.05. The average Bonchev–Trinajstić information content (AvgIpc) is 3.32. The van der Waals surface area contributed by atoms with Crippen LogP contribution in [0.3, 0.4) is 0 Å². The molecular weight excluding hydrogens is 438 g/mol. The molecule has 2 aromatic carbocycles. The third kappa shape index (κ3) is 4.36. The summed E-state index contributed by atoms with van der Waals surface area (Å²) in [7, 11) is 1.63. The summed E-state index contributed by atoms with van der Waals surface area (Å²) in [5.74, 6) is 0.380. The van der Waals surface area contributed by atoms with Gasteiger partial charge in [-0.05, 0) is 37.3 Å². The van der Waals surface area contributed by atoms with Gasteiger partial charge >= 0.3 is 0 Å². The standard InChI is InChI=1S/C21H19N3O5S2/c1-3-29-15-5-6-16-18(12-15)31-21(23(16)8-9-28-2)22-20(25)19-11-13-10-14(24(26)27)4-7-17(13)30-19/h4-7,10-12H,3,8-9H2,1-2H3. The minimum absolute atomic E-state index is 0.00625. The fourth-order valence-electron chi connectivity index (χ4n) is 3.19. The second kappa shape index (κ2) is 8.96. The highest BCUT2D eigenvalue weighted by atomic mass is 32.1. The number of thiophene rings is 1. The van der Waals surface area contributed by atoms with Crippen molar-refractivity contribution in [2.75, 3.05) is 20.3 Å². The zero-order chi connectivity index (χ0) is 22.0. The third-order valence-corrected chi connectivity index (χ3v) is 6.75. The maximum absolute atomic E-state index is 12.9. The summed E-state index contributed by atoms with van der Waals surface area (Å²) >= 11 is 2.68. The van der Waals surface area contributed by atoms with Crippen molar-refractivity contribution in [2.45, 2.75) is 13.5 Å². The lowest BCUT2D eigenvalue weighted by atomic mass is 10.2. The van der Waals surface area contributed by atoms with Gasteiger partial charge in [0, 0.05) is 35.9 Å². The van der Waals surface area contributed by atoms with Crippen molar-refractivity contribution in [3.05, 3.63) is 62.3 Å². The molecule has 0 fully saturated rings. The van der Waals surface area contributed by atoms with Gasteiger partial charge in [0.15, 0.2) is 4.80 Å². The molecule has 160 valence electrons. The van der Waals surface area contributed by atoms with Gasteiger partial charge in [0.2, 0.25) is 0 Å². The van der Waals surface area contributed by atoms with Gasteiger partial charge in [-0.15, -0.1) is 11.3 Å². The van der Waals surface area contributed by atoms with Gasteiger partial charge < -0.3 is 14.0 Å². The number of fused-ring (bicyclic) bond motifs is 2. The fraction of sp³-hybridized carbons (Fsp3) is 0.238. The van der Waals surface area contributed by atoms with E-state index in [1.54, 1.807) is 19.2 Å². The topological polar surface area (TPSA) is 96.0 Å². The molecule has 0 atom stereocenters. The monoisotopic (exact) mass is 457 g/mol. The number of methoxy groups -OCH3 is 1. The van der Waals surface area contributed by atoms with Crippen LogP contribution in [0.5, 0.6) is 5.75 Å². The van der Waals surface area contributed by atoms with Gasteiger partial charge in [-0.3, -0.25) is 14.9 Å². The Kier molecular flexibility index (Phi) is 6.12. The predicted octanol–water partition coefficient (Wildman–Crippen LogP) is 4.61. The Morgan fingerprint density at radius 1 is 1.16 bits per heavy atom. The van der Waals surface area contributed by atoms with Crippen LogP contribution in [-0.4, -0.2) is 35.7 Å². The van der Waals surface area contributed by atoms with Crippen molar-refractivity contribution in [3.8, 4) is 5.75 Å². The molecular formula is C21H19N3O5S2. The van der Waals surface area contributed by atoms with Gasteiger partial charge in [0.1, 0.15) is 5.75 Å². The van der Waals surface area contributed by atoms with E-state index in [1.165, 1.54) is 34.8 Å². The number of nitrogens with zero attached hydrogens (tertiary/aromatic N) is 3. The number of carbonyl (C=O) groups is 1. The molecule has 0 saturated carbocycles. The first-order chi connectivity index (χ1) is 15.0. The highest BCUT2D eigenvalue weighted by molar-refractivity contribution is 7.21. The van der Waals surface area contributed by atoms with Crippen LogP contribution in [0.25, 0.3) is 20.3 Å². The van der Waals surface area contributed by atoms with Gasteiger partial charge in [0.25, 0.3) is 11.6 Å². The molecule has 0 N–H and O–H groups in total. The van der Waals surface area contributed by atoms with Crippen LogP contribution in [0.1, 0.15) is 16.6 Å². The van der Waals surface area contributed by atoms with Crippen LogP contribution in [0, 0.1) is 10.1 Å². The van der Waals surface area contributed by atoms with Gasteiger partial charge in [-0.1, -0.05) is 11.3 Å². The zero-order valence-corrected chi connectivity index (χ0v) is 18.5. The smallest absolute Gasteiger partial charge is 0.289 e. The van der Waals surface area contributed by atoms with Crippen LogP contribution >= 0.6 is 22.7 Å². The van der Waals surface area contributed by atoms with E-state index in [9.17, 15) is 14.9 Å². The second-order valence-corrected chi connectivity index (χ2v) is 8.69. The molecule has 0 aliphatic carbocycles. The van der Waals surface area contributed by atoms with Gasteiger partial charge in [0.05, 0.1) is 33.2 Å². The molecule has 0 spiro atoms. The molecule has 4 aromatic rings. The molecule has 4 rings (SSSR count). The van der Waals surface area contributed by atoms with Crippen LogP contribution in [0.15, 0.2) is 47.5 Å². The SMILES string of the molecule is CCOc1ccc2c(c1)sc(=NC(=O)c1cc3cc([N+](=O)[O-])ccc3s1)n2CCOC. The first-order valence-electron chi connectivity index (χ1n) is 9.52. The first kappa shape index (κ1) is 21.2. The Hall–Kier alpha value is -3.08. The molecule has 8 nitrogen and oxygen atoms in total. The van der Waals surface area contributed by atoms with Crippen molar-refractivity contribution < 1.29 is 19.2 Å². The summed E-state index contributed by atoms with van der Waals surface area (Å²) in [6, 6.07) is 12.0. The lowest BCUT2D eigenvalue weighted by molar-refractivity contribution is -0.384. The molecule has 0 radical (unpaired) electrons. The highest BCUT2D eigenvalue weighted by Crippen LogP contribution is 2.29. The minimum atomic E-state index is -0.449. The van der Waals surface area contributed by atoms with Crippen molar-refractivity contribution in [1.29, 1.82) is 0 Å². The summed E-state index contributed by atoms with van der Waals surface area (Å²) in [6.07, 6.45) is 0. The molecule has 0 saturated heterocycles. The van der Waals surface area contributed by atoms with Gasteiger partial charge in [-0.2, -0.15) is 4.99 Å². The van der Waals surface area contributed by atoms with Gasteiger partial charge in [-0.25, -0.2) is 0 Å². The maximum atomic E-state index is 12.9. The number of ether oxygens (including phenoxy) is 2. The van der Waals surface area contributed by atoms with E-state index in [0.717, 1.165) is 20.7 Å². The fourth-order valence-corrected chi connectivity index (χ4v) is 5.20. The number of carbonyl (C=O) groups excluding carboxylic acids is 1. The van der Waals surface area contributed by atoms with Crippen molar-refractivity contribution >= 4 is 54.6 Å². The molecule has 2 heterocycles. The number of hydrogen-bond acceptors (Lipinski definition) is 7. The van der Waals surface area contributed by atoms with E-state index in [0.29, 0.717) is 34.8 Å². The highest BCUT2D eigenvalue weighted by Gasteiger charge is 2.14. The number of benzene rings is 2. The third-order valence-electron chi connectivity index (χ3n) is 4.60. The minimum Gasteiger partial charge on any atom is -0.494 e. The van der Waals surface area contributed by atoms with Crippen molar-refractivity contribution in [3.63, 3.8) is 0 Å². The van der Waals surface area contributed by atoms with Crippen molar-refractivity contribution in [2.24, 2.45) is 4.99 Å². The zero-order valence-electron chi connectivity index (χ0n) is 16.9. The van der Waals surface area contributed by atoms with E-state index in [1.807, 2.05) is 29.7 Å². The summed E-state index contributed by atoms with van der Waals surface area (Å²) in [5.41, 5.74) is 0.942. The van der Waals surface area contributed by atoms with Crippen LogP contribution in [0.4, 0.5) is 5.69 Å². The van der Waals surface area contributed by atoms with E-state index < -0.39 is 4.92 Å². The summed E-state index contributed by atoms with van der Waals surface area (Å²) < 4.78 is 14.5. The Labute approximate surface area is 185 Å². The molecule has 0 bridgehead atoms. The number of hydrogen-bond donors (Lipinski definition) is 0. The number of thiazole rings is 1. The summed E-state index contributed by atoms with van der Waals surface area (Å²) in [4.78, 5) is 28.8. The molecule has 0 unspecified atom stereocenters. The number of aromatic nitrogens is 1. The molecule has 0 aliphatic rings. The second-order valence-electron chi connectivity index (χ2n) is 6.60. The number of nitro benzene ring substituents is 1. The number of amides is 1. The molecule has 31 heavy (non-hydrogen) atoms. The number of nitro groups is 1.